The first kappa shape index (κ1) is 28.1. The highest BCUT2D eigenvalue weighted by Crippen LogP contribution is 2.53. The van der Waals surface area contributed by atoms with Crippen LogP contribution in [-0.4, -0.2) is 9.97 Å². The summed E-state index contributed by atoms with van der Waals surface area (Å²) in [5.74, 6) is 0.728. The van der Waals surface area contributed by atoms with E-state index in [9.17, 15) is 0 Å². The van der Waals surface area contributed by atoms with Crippen molar-refractivity contribution in [1.29, 1.82) is 0 Å². The first-order valence-corrected chi connectivity index (χ1v) is 17.6. The van der Waals surface area contributed by atoms with Crippen LogP contribution in [0.2, 0.25) is 0 Å². The summed E-state index contributed by atoms with van der Waals surface area (Å²) in [6.07, 6.45) is 0. The quantitative estimate of drug-likeness (QED) is 0.191. The molecule has 0 fully saturated rings. The maximum absolute atomic E-state index is 5.32. The number of rotatable bonds is 4. The highest BCUT2D eigenvalue weighted by Gasteiger charge is 2.40. The average Bonchev–Trinajstić information content (AvgIpc) is 3.68. The fourth-order valence-electron chi connectivity index (χ4n) is 7.87. The highest BCUT2D eigenvalue weighted by atomic mass is 32.1. The summed E-state index contributed by atoms with van der Waals surface area (Å²) >= 11 is 1.83. The highest BCUT2D eigenvalue weighted by molar-refractivity contribution is 7.26. The Labute approximate surface area is 289 Å². The molecule has 1 unspecified atom stereocenters. The third kappa shape index (κ3) is 4.33. The third-order valence-corrected chi connectivity index (χ3v) is 11.6. The van der Waals surface area contributed by atoms with Gasteiger partial charge in [-0.05, 0) is 69.8 Å². The fourth-order valence-corrected chi connectivity index (χ4v) is 9.10. The number of hydrogen-bond acceptors (Lipinski definition) is 3. The molecule has 1 atom stereocenters. The number of thiophene rings is 1. The van der Waals surface area contributed by atoms with Gasteiger partial charge in [0.1, 0.15) is 0 Å². The van der Waals surface area contributed by atoms with Crippen molar-refractivity contribution in [2.75, 3.05) is 0 Å². The van der Waals surface area contributed by atoms with Gasteiger partial charge < -0.3 is 0 Å². The second-order valence-electron chi connectivity index (χ2n) is 13.1. The second-order valence-corrected chi connectivity index (χ2v) is 14.2. The molecular formula is C46H30N2S. The predicted octanol–water partition coefficient (Wildman–Crippen LogP) is 12.3. The van der Waals surface area contributed by atoms with Crippen molar-refractivity contribution in [3.8, 4) is 45.0 Å². The minimum absolute atomic E-state index is 0.289. The Hall–Kier alpha value is -5.90. The van der Waals surface area contributed by atoms with Gasteiger partial charge in [-0.1, -0.05) is 140 Å². The molecule has 1 aliphatic carbocycles. The van der Waals surface area contributed by atoms with Crippen LogP contribution in [-0.2, 0) is 5.41 Å². The molecule has 3 heteroatoms. The van der Waals surface area contributed by atoms with Gasteiger partial charge in [0, 0.05) is 42.3 Å². The number of fused-ring (bicyclic) bond motifs is 7. The zero-order valence-corrected chi connectivity index (χ0v) is 27.7. The Bertz CT molecular complexity index is 2740. The van der Waals surface area contributed by atoms with Crippen LogP contribution in [0.4, 0.5) is 0 Å². The molecule has 0 saturated carbocycles. The zero-order chi connectivity index (χ0) is 32.5. The summed E-state index contributed by atoms with van der Waals surface area (Å²) in [4.78, 5) is 10.6. The molecule has 0 radical (unpaired) electrons. The minimum atomic E-state index is -0.289. The molecule has 7 aromatic carbocycles. The maximum atomic E-state index is 5.32. The molecule has 1 aliphatic rings. The number of hydrogen-bond donors (Lipinski definition) is 0. The molecule has 0 spiro atoms. The largest absolute Gasteiger partial charge is 0.228 e. The maximum Gasteiger partial charge on any atom is 0.160 e. The second kappa shape index (κ2) is 10.8. The molecule has 2 aromatic heterocycles. The lowest BCUT2D eigenvalue weighted by Crippen LogP contribution is -2.22. The van der Waals surface area contributed by atoms with E-state index in [1.165, 1.54) is 58.8 Å². The first-order valence-electron chi connectivity index (χ1n) is 16.7. The molecule has 0 amide bonds. The summed E-state index contributed by atoms with van der Waals surface area (Å²) in [6.45, 7) is 2.37. The summed E-state index contributed by atoms with van der Waals surface area (Å²) in [7, 11) is 0. The molecule has 0 aliphatic heterocycles. The number of nitrogens with zero attached hydrogens (tertiary/aromatic N) is 2. The smallest absolute Gasteiger partial charge is 0.160 e. The van der Waals surface area contributed by atoms with Crippen LogP contribution >= 0.6 is 11.3 Å². The van der Waals surface area contributed by atoms with Gasteiger partial charge in [-0.25, -0.2) is 9.97 Å². The van der Waals surface area contributed by atoms with E-state index in [2.05, 4.69) is 171 Å². The van der Waals surface area contributed by atoms with Crippen molar-refractivity contribution in [2.45, 2.75) is 12.3 Å². The van der Waals surface area contributed by atoms with Gasteiger partial charge in [-0.2, -0.15) is 0 Å². The zero-order valence-electron chi connectivity index (χ0n) is 26.9. The Morgan fingerprint density at radius 2 is 1.16 bits per heavy atom. The van der Waals surface area contributed by atoms with Gasteiger partial charge >= 0.3 is 0 Å². The Balaban J connectivity index is 1.21. The third-order valence-electron chi connectivity index (χ3n) is 10.4. The molecular weight excluding hydrogens is 613 g/mol. The fraction of sp³-hybridized carbons (Fsp3) is 0.0435. The Morgan fingerprint density at radius 1 is 0.469 bits per heavy atom. The van der Waals surface area contributed by atoms with E-state index in [0.29, 0.717) is 0 Å². The van der Waals surface area contributed by atoms with Crippen molar-refractivity contribution in [2.24, 2.45) is 0 Å². The average molecular weight is 643 g/mol. The molecule has 0 N–H and O–H groups in total. The van der Waals surface area contributed by atoms with E-state index in [1.807, 2.05) is 11.3 Å². The summed E-state index contributed by atoms with van der Waals surface area (Å²) in [5.41, 5.74) is 11.3. The van der Waals surface area contributed by atoms with Crippen molar-refractivity contribution >= 4 is 42.3 Å². The van der Waals surface area contributed by atoms with Crippen LogP contribution in [0.5, 0.6) is 0 Å². The van der Waals surface area contributed by atoms with E-state index in [1.54, 1.807) is 0 Å². The number of aromatic nitrogens is 2. The Kier molecular flexibility index (Phi) is 6.21. The molecule has 9 aromatic rings. The van der Waals surface area contributed by atoms with E-state index >= 15 is 0 Å². The normalized spacial score (nSPS) is 15.1. The van der Waals surface area contributed by atoms with E-state index in [-0.39, 0.29) is 5.41 Å². The van der Waals surface area contributed by atoms with Crippen LogP contribution in [0.1, 0.15) is 23.6 Å². The van der Waals surface area contributed by atoms with Crippen molar-refractivity contribution in [3.63, 3.8) is 0 Å². The van der Waals surface area contributed by atoms with Gasteiger partial charge in [0.05, 0.1) is 11.4 Å². The van der Waals surface area contributed by atoms with E-state index in [0.717, 1.165) is 33.9 Å². The Morgan fingerprint density at radius 3 is 2.08 bits per heavy atom. The molecule has 2 nitrogen and oxygen atoms in total. The lowest BCUT2D eigenvalue weighted by molar-refractivity contribution is 0.714. The number of benzene rings is 7. The lowest BCUT2D eigenvalue weighted by atomic mass is 9.74. The predicted molar refractivity (Wildman–Crippen MR) is 206 cm³/mol. The van der Waals surface area contributed by atoms with Gasteiger partial charge in [0.2, 0.25) is 0 Å². The first-order chi connectivity index (χ1) is 24.1. The van der Waals surface area contributed by atoms with Gasteiger partial charge in [-0.3, -0.25) is 0 Å². The van der Waals surface area contributed by atoms with Crippen molar-refractivity contribution < 1.29 is 0 Å². The van der Waals surface area contributed by atoms with Gasteiger partial charge in [-0.15, -0.1) is 11.3 Å². The lowest BCUT2D eigenvalue weighted by Gasteiger charge is -2.28. The van der Waals surface area contributed by atoms with Crippen LogP contribution in [0.15, 0.2) is 164 Å². The minimum Gasteiger partial charge on any atom is -0.228 e. The summed E-state index contributed by atoms with van der Waals surface area (Å²) in [5, 5.41) is 4.93. The molecule has 49 heavy (non-hydrogen) atoms. The van der Waals surface area contributed by atoms with Crippen LogP contribution in [0.25, 0.3) is 76.0 Å². The molecule has 230 valence electrons. The van der Waals surface area contributed by atoms with Crippen LogP contribution in [0, 0.1) is 0 Å². The van der Waals surface area contributed by atoms with E-state index < -0.39 is 0 Å². The molecule has 0 saturated heterocycles. The monoisotopic (exact) mass is 642 g/mol. The van der Waals surface area contributed by atoms with Crippen LogP contribution in [0.3, 0.4) is 0 Å². The summed E-state index contributed by atoms with van der Waals surface area (Å²) < 4.78 is 2.53. The van der Waals surface area contributed by atoms with Gasteiger partial charge in [0.15, 0.2) is 5.82 Å². The van der Waals surface area contributed by atoms with Crippen LogP contribution < -0.4 is 0 Å². The summed E-state index contributed by atoms with van der Waals surface area (Å²) in [6, 6.07) is 59.1. The standard InChI is InChI=1S/C46H30N2S/c1-46(33-14-3-2-4-15-33)39-20-9-7-16-34(39)35-25-24-31(27-40(35)46)41-28-42(38-19-11-18-37-36-17-8-10-21-43(36)49-44(37)38)48-45(47-41)32-23-22-29-12-5-6-13-30(29)26-32/h2-28H,1H3. The molecule has 0 bridgehead atoms. The van der Waals surface area contributed by atoms with Crippen molar-refractivity contribution in [3.05, 3.63) is 180 Å². The SMILES string of the molecule is CC1(c2ccccc2)c2ccccc2-c2ccc(-c3cc(-c4cccc5c4sc4ccccc45)nc(-c4ccc5ccccc5c4)n3)cc21. The van der Waals surface area contributed by atoms with E-state index in [4.69, 9.17) is 9.97 Å². The molecule has 2 heterocycles. The van der Waals surface area contributed by atoms with Gasteiger partial charge in [0.25, 0.3) is 0 Å². The molecule has 10 rings (SSSR count). The van der Waals surface area contributed by atoms with Crippen molar-refractivity contribution in [1.82, 2.24) is 9.97 Å². The topological polar surface area (TPSA) is 25.8 Å².